The van der Waals surface area contributed by atoms with Crippen LogP contribution >= 0.6 is 11.8 Å². The minimum atomic E-state index is -0.268. The topological polar surface area (TPSA) is 57.0 Å². The van der Waals surface area contributed by atoms with E-state index in [1.165, 1.54) is 11.8 Å². The van der Waals surface area contributed by atoms with Crippen LogP contribution < -0.4 is 4.74 Å². The average Bonchev–Trinajstić information content (AvgIpc) is 3.03. The summed E-state index contributed by atoms with van der Waals surface area (Å²) in [6.07, 6.45) is 0. The van der Waals surface area contributed by atoms with Gasteiger partial charge in [-0.2, -0.15) is 0 Å². The number of aryl methyl sites for hydroxylation is 1. The van der Waals surface area contributed by atoms with Crippen molar-refractivity contribution in [2.24, 2.45) is 7.05 Å². The van der Waals surface area contributed by atoms with Crippen LogP contribution in [0.1, 0.15) is 29.8 Å². The molecule has 5 nitrogen and oxygen atoms in total. The molecule has 1 aromatic heterocycles. The van der Waals surface area contributed by atoms with Crippen molar-refractivity contribution >= 4 is 17.5 Å². The molecule has 0 saturated heterocycles. The van der Waals surface area contributed by atoms with E-state index in [-0.39, 0.29) is 11.0 Å². The number of thioether (sulfide) groups is 1. The molecule has 0 bridgehead atoms. The Morgan fingerprint density at radius 2 is 1.85 bits per heavy atom. The Kier molecular flexibility index (Phi) is 5.96. The van der Waals surface area contributed by atoms with Crippen LogP contribution in [0.2, 0.25) is 0 Å². The zero-order valence-electron chi connectivity index (χ0n) is 16.0. The smallest absolute Gasteiger partial charge is 0.191 e. The highest BCUT2D eigenvalue weighted by molar-refractivity contribution is 8.00. The van der Waals surface area contributed by atoms with Gasteiger partial charge in [0, 0.05) is 18.2 Å². The predicted octanol–water partition coefficient (Wildman–Crippen LogP) is 4.55. The highest BCUT2D eigenvalue weighted by Gasteiger charge is 2.21. The molecule has 3 rings (SSSR count). The van der Waals surface area contributed by atoms with Gasteiger partial charge in [0.2, 0.25) is 0 Å². The zero-order valence-corrected chi connectivity index (χ0v) is 16.8. The quantitative estimate of drug-likeness (QED) is 0.444. The van der Waals surface area contributed by atoms with Gasteiger partial charge >= 0.3 is 0 Å². The number of Topliss-reactive ketones (excluding diaryl/α,β-unsaturated/α-hetero) is 1. The van der Waals surface area contributed by atoms with Gasteiger partial charge in [-0.05, 0) is 50.6 Å². The third kappa shape index (κ3) is 4.22. The number of nitrogens with zero attached hydrogens (tertiary/aromatic N) is 3. The Hall–Kier alpha value is -2.60. The lowest BCUT2D eigenvalue weighted by atomic mass is 10.1. The summed E-state index contributed by atoms with van der Waals surface area (Å²) in [5.74, 6) is 1.63. The lowest BCUT2D eigenvalue weighted by molar-refractivity contribution is 0.0994. The molecule has 1 unspecified atom stereocenters. The fraction of sp³-hybridized carbons (Fsp3) is 0.286. The van der Waals surface area contributed by atoms with Crippen LogP contribution in [0.4, 0.5) is 0 Å². The first-order chi connectivity index (χ1) is 13.0. The number of hydrogen-bond donors (Lipinski definition) is 0. The minimum absolute atomic E-state index is 0.0588. The van der Waals surface area contributed by atoms with E-state index in [1.54, 1.807) is 12.1 Å². The maximum Gasteiger partial charge on any atom is 0.191 e. The monoisotopic (exact) mass is 381 g/mol. The number of carbonyl (C=O) groups is 1. The van der Waals surface area contributed by atoms with E-state index >= 15 is 0 Å². The summed E-state index contributed by atoms with van der Waals surface area (Å²) in [6.45, 7) is 6.49. The van der Waals surface area contributed by atoms with E-state index in [4.69, 9.17) is 4.74 Å². The molecule has 1 heterocycles. The molecular formula is C21H23N3O2S. The average molecular weight is 382 g/mol. The normalized spacial score (nSPS) is 12.0. The van der Waals surface area contributed by atoms with Gasteiger partial charge in [-0.25, -0.2) is 0 Å². The van der Waals surface area contributed by atoms with Gasteiger partial charge in [-0.1, -0.05) is 36.0 Å². The van der Waals surface area contributed by atoms with Crippen LogP contribution in [-0.2, 0) is 7.05 Å². The summed E-state index contributed by atoms with van der Waals surface area (Å²) in [5, 5.41) is 9.07. The molecule has 0 spiro atoms. The summed E-state index contributed by atoms with van der Waals surface area (Å²) in [4.78, 5) is 12.7. The molecule has 6 heteroatoms. The maximum atomic E-state index is 12.7. The molecule has 0 aliphatic rings. The Bertz CT molecular complexity index is 935. The van der Waals surface area contributed by atoms with Crippen LogP contribution in [0.25, 0.3) is 11.4 Å². The summed E-state index contributed by atoms with van der Waals surface area (Å²) in [5.41, 5.74) is 2.85. The molecule has 140 valence electrons. The van der Waals surface area contributed by atoms with Gasteiger partial charge in [0.1, 0.15) is 5.75 Å². The molecule has 3 aromatic rings. The zero-order chi connectivity index (χ0) is 19.4. The molecule has 0 N–H and O–H groups in total. The van der Waals surface area contributed by atoms with Crippen molar-refractivity contribution in [1.29, 1.82) is 0 Å². The van der Waals surface area contributed by atoms with Crippen molar-refractivity contribution in [3.05, 3.63) is 59.7 Å². The Morgan fingerprint density at radius 1 is 1.15 bits per heavy atom. The first-order valence-corrected chi connectivity index (χ1v) is 9.78. The van der Waals surface area contributed by atoms with E-state index in [0.29, 0.717) is 12.2 Å². The van der Waals surface area contributed by atoms with Crippen molar-refractivity contribution in [1.82, 2.24) is 14.8 Å². The van der Waals surface area contributed by atoms with Gasteiger partial charge in [0.25, 0.3) is 0 Å². The number of rotatable bonds is 7. The molecule has 0 aliphatic carbocycles. The number of aromatic nitrogens is 3. The van der Waals surface area contributed by atoms with E-state index in [0.717, 1.165) is 27.9 Å². The largest absolute Gasteiger partial charge is 0.494 e. The Labute approximate surface area is 163 Å². The molecule has 1 atom stereocenters. The standard InChI is InChI=1S/C21H23N3O2S/c1-5-26-17-12-10-16(11-13-17)19(25)15(3)27-21-23-22-20(24(21)4)18-9-7-6-8-14(18)2/h6-13,15H,5H2,1-4H3. The molecule has 0 saturated carbocycles. The van der Waals surface area contributed by atoms with Crippen LogP contribution in [0.5, 0.6) is 5.75 Å². The van der Waals surface area contributed by atoms with Crippen molar-refractivity contribution in [3.8, 4) is 17.1 Å². The van der Waals surface area contributed by atoms with E-state index in [9.17, 15) is 4.79 Å². The second-order valence-electron chi connectivity index (χ2n) is 6.26. The third-order valence-electron chi connectivity index (χ3n) is 4.32. The van der Waals surface area contributed by atoms with Crippen LogP contribution in [-0.4, -0.2) is 32.4 Å². The molecule has 27 heavy (non-hydrogen) atoms. The SMILES string of the molecule is CCOc1ccc(C(=O)C(C)Sc2nnc(-c3ccccc3C)n2C)cc1. The van der Waals surface area contributed by atoms with Crippen molar-refractivity contribution in [2.45, 2.75) is 31.2 Å². The van der Waals surface area contributed by atoms with Gasteiger partial charge in [-0.3, -0.25) is 4.79 Å². The first-order valence-electron chi connectivity index (χ1n) is 8.90. The van der Waals surface area contributed by atoms with Crippen LogP contribution in [0.3, 0.4) is 0 Å². The van der Waals surface area contributed by atoms with E-state index in [1.807, 2.05) is 55.8 Å². The van der Waals surface area contributed by atoms with Gasteiger partial charge < -0.3 is 9.30 Å². The predicted molar refractivity (Wildman–Crippen MR) is 108 cm³/mol. The Balaban J connectivity index is 1.75. The highest BCUT2D eigenvalue weighted by Crippen LogP contribution is 2.28. The minimum Gasteiger partial charge on any atom is -0.494 e. The molecule has 0 fully saturated rings. The first kappa shape index (κ1) is 19.2. The molecule has 0 amide bonds. The van der Waals surface area contributed by atoms with Crippen molar-refractivity contribution in [3.63, 3.8) is 0 Å². The molecule has 2 aromatic carbocycles. The van der Waals surface area contributed by atoms with Crippen molar-refractivity contribution < 1.29 is 9.53 Å². The fourth-order valence-corrected chi connectivity index (χ4v) is 3.70. The fourth-order valence-electron chi connectivity index (χ4n) is 2.80. The number of carbonyl (C=O) groups excluding carboxylic acids is 1. The molecule has 0 radical (unpaired) electrons. The van der Waals surface area contributed by atoms with E-state index in [2.05, 4.69) is 23.2 Å². The lowest BCUT2D eigenvalue weighted by Gasteiger charge is -2.11. The van der Waals surface area contributed by atoms with Gasteiger partial charge in [0.15, 0.2) is 16.8 Å². The number of benzene rings is 2. The van der Waals surface area contributed by atoms with Gasteiger partial charge in [0.05, 0.1) is 11.9 Å². The second kappa shape index (κ2) is 8.39. The van der Waals surface area contributed by atoms with Gasteiger partial charge in [-0.15, -0.1) is 10.2 Å². The maximum absolute atomic E-state index is 12.7. The lowest BCUT2D eigenvalue weighted by Crippen LogP contribution is -2.14. The second-order valence-corrected chi connectivity index (χ2v) is 7.57. The summed E-state index contributed by atoms with van der Waals surface area (Å²) in [7, 11) is 1.93. The van der Waals surface area contributed by atoms with Crippen molar-refractivity contribution in [2.75, 3.05) is 6.61 Å². The van der Waals surface area contributed by atoms with Crippen LogP contribution in [0, 0.1) is 6.92 Å². The summed E-state index contributed by atoms with van der Waals surface area (Å²) >= 11 is 1.42. The molecule has 0 aliphatic heterocycles. The Morgan fingerprint density at radius 3 is 2.52 bits per heavy atom. The summed E-state index contributed by atoms with van der Waals surface area (Å²) in [6, 6.07) is 15.3. The number of ether oxygens (including phenoxy) is 1. The van der Waals surface area contributed by atoms with Crippen LogP contribution in [0.15, 0.2) is 53.7 Å². The highest BCUT2D eigenvalue weighted by atomic mass is 32.2. The third-order valence-corrected chi connectivity index (χ3v) is 5.46. The summed E-state index contributed by atoms with van der Waals surface area (Å²) < 4.78 is 7.37. The number of ketones is 1. The molecular weight excluding hydrogens is 358 g/mol. The van der Waals surface area contributed by atoms with E-state index < -0.39 is 0 Å². The number of hydrogen-bond acceptors (Lipinski definition) is 5.